The summed E-state index contributed by atoms with van der Waals surface area (Å²) in [6.45, 7) is 1.40. The molecule has 82 valence electrons. The van der Waals surface area contributed by atoms with E-state index in [-0.39, 0.29) is 6.10 Å². The van der Waals surface area contributed by atoms with E-state index in [0.29, 0.717) is 23.1 Å². The SMILES string of the molecule is Nc1cc(Cl)ccc1OC[C@H]1CCCO1. The highest BCUT2D eigenvalue weighted by atomic mass is 35.5. The Morgan fingerprint density at radius 3 is 3.07 bits per heavy atom. The molecular formula is C11H14ClNO2. The van der Waals surface area contributed by atoms with Crippen LogP contribution in [0.15, 0.2) is 18.2 Å². The minimum absolute atomic E-state index is 0.208. The molecule has 2 rings (SSSR count). The van der Waals surface area contributed by atoms with Gasteiger partial charge in [0.2, 0.25) is 0 Å². The zero-order valence-electron chi connectivity index (χ0n) is 8.41. The lowest BCUT2D eigenvalue weighted by Crippen LogP contribution is -2.16. The molecule has 0 unspecified atom stereocenters. The third kappa shape index (κ3) is 2.76. The maximum Gasteiger partial charge on any atom is 0.142 e. The van der Waals surface area contributed by atoms with Crippen molar-refractivity contribution in [3.05, 3.63) is 23.2 Å². The van der Waals surface area contributed by atoms with E-state index in [4.69, 9.17) is 26.8 Å². The zero-order chi connectivity index (χ0) is 10.7. The zero-order valence-corrected chi connectivity index (χ0v) is 9.17. The molecule has 1 aliphatic rings. The van der Waals surface area contributed by atoms with Crippen molar-refractivity contribution in [1.29, 1.82) is 0 Å². The van der Waals surface area contributed by atoms with Crippen molar-refractivity contribution in [1.82, 2.24) is 0 Å². The summed E-state index contributed by atoms with van der Waals surface area (Å²) in [6.07, 6.45) is 2.39. The van der Waals surface area contributed by atoms with E-state index in [9.17, 15) is 0 Å². The fourth-order valence-corrected chi connectivity index (χ4v) is 1.79. The first kappa shape index (κ1) is 10.6. The molecule has 0 saturated carbocycles. The van der Waals surface area contributed by atoms with E-state index in [1.165, 1.54) is 0 Å². The molecule has 0 radical (unpaired) electrons. The number of benzene rings is 1. The number of halogens is 1. The van der Waals surface area contributed by atoms with Gasteiger partial charge >= 0.3 is 0 Å². The standard InChI is InChI=1S/C11H14ClNO2/c12-8-3-4-11(10(13)6-8)15-7-9-2-1-5-14-9/h3-4,6,9H,1-2,5,7,13H2/t9-/m1/s1. The summed E-state index contributed by atoms with van der Waals surface area (Å²) in [6, 6.07) is 5.24. The van der Waals surface area contributed by atoms with Gasteiger partial charge in [0.25, 0.3) is 0 Å². The highest BCUT2D eigenvalue weighted by Gasteiger charge is 2.16. The van der Waals surface area contributed by atoms with E-state index in [2.05, 4.69) is 0 Å². The predicted molar refractivity (Wildman–Crippen MR) is 60.3 cm³/mol. The molecular weight excluding hydrogens is 214 g/mol. The maximum absolute atomic E-state index is 5.78. The summed E-state index contributed by atoms with van der Waals surface area (Å²) < 4.78 is 11.0. The molecule has 1 aromatic carbocycles. The fourth-order valence-electron chi connectivity index (χ4n) is 1.61. The third-order valence-electron chi connectivity index (χ3n) is 2.42. The lowest BCUT2D eigenvalue weighted by atomic mass is 10.2. The number of nitrogens with two attached hydrogens (primary N) is 1. The van der Waals surface area contributed by atoms with Gasteiger partial charge in [0.1, 0.15) is 12.4 Å². The van der Waals surface area contributed by atoms with Gasteiger partial charge in [-0.05, 0) is 31.0 Å². The Hall–Kier alpha value is -0.930. The second-order valence-electron chi connectivity index (χ2n) is 3.63. The van der Waals surface area contributed by atoms with Crippen LogP contribution in [0.2, 0.25) is 5.02 Å². The van der Waals surface area contributed by atoms with Crippen molar-refractivity contribution in [2.45, 2.75) is 18.9 Å². The van der Waals surface area contributed by atoms with Crippen LogP contribution in [0.25, 0.3) is 0 Å². The predicted octanol–water partition coefficient (Wildman–Crippen LogP) is 2.48. The van der Waals surface area contributed by atoms with Gasteiger partial charge in [-0.1, -0.05) is 11.6 Å². The van der Waals surface area contributed by atoms with E-state index in [0.717, 1.165) is 19.4 Å². The summed E-state index contributed by atoms with van der Waals surface area (Å²) in [5.74, 6) is 0.676. The number of hydrogen-bond donors (Lipinski definition) is 1. The number of ether oxygens (including phenoxy) is 2. The largest absolute Gasteiger partial charge is 0.489 e. The molecule has 1 heterocycles. The van der Waals surface area contributed by atoms with Crippen molar-refractivity contribution < 1.29 is 9.47 Å². The maximum atomic E-state index is 5.78. The molecule has 1 atom stereocenters. The summed E-state index contributed by atoms with van der Waals surface area (Å²) >= 11 is 5.78. The van der Waals surface area contributed by atoms with Crippen LogP contribution in [0, 0.1) is 0 Å². The van der Waals surface area contributed by atoms with Crippen LogP contribution in [0.4, 0.5) is 5.69 Å². The van der Waals surface area contributed by atoms with Gasteiger partial charge in [0, 0.05) is 11.6 Å². The molecule has 1 saturated heterocycles. The minimum atomic E-state index is 0.208. The Balaban J connectivity index is 1.92. The second-order valence-corrected chi connectivity index (χ2v) is 4.06. The summed E-state index contributed by atoms with van der Waals surface area (Å²) in [5, 5.41) is 0.622. The minimum Gasteiger partial charge on any atom is -0.489 e. The Bertz CT molecular complexity index is 337. The van der Waals surface area contributed by atoms with E-state index in [1.54, 1.807) is 18.2 Å². The number of rotatable bonds is 3. The number of nitrogen functional groups attached to an aromatic ring is 1. The lowest BCUT2D eigenvalue weighted by Gasteiger charge is -2.12. The van der Waals surface area contributed by atoms with Gasteiger partial charge in [-0.25, -0.2) is 0 Å². The third-order valence-corrected chi connectivity index (χ3v) is 2.66. The Morgan fingerprint density at radius 1 is 1.53 bits per heavy atom. The molecule has 0 amide bonds. The molecule has 1 fully saturated rings. The molecule has 1 aromatic rings. The summed E-state index contributed by atoms with van der Waals surface area (Å²) in [4.78, 5) is 0. The van der Waals surface area contributed by atoms with Crippen LogP contribution < -0.4 is 10.5 Å². The van der Waals surface area contributed by atoms with E-state index < -0.39 is 0 Å². The van der Waals surface area contributed by atoms with Gasteiger partial charge in [-0.2, -0.15) is 0 Å². The highest BCUT2D eigenvalue weighted by molar-refractivity contribution is 6.30. The Kier molecular flexibility index (Phi) is 3.34. The van der Waals surface area contributed by atoms with Gasteiger partial charge < -0.3 is 15.2 Å². The smallest absolute Gasteiger partial charge is 0.142 e. The van der Waals surface area contributed by atoms with Crippen molar-refractivity contribution in [3.63, 3.8) is 0 Å². The van der Waals surface area contributed by atoms with Crippen molar-refractivity contribution >= 4 is 17.3 Å². The average Bonchev–Trinajstić information content (AvgIpc) is 2.69. The van der Waals surface area contributed by atoms with Crippen LogP contribution in [-0.4, -0.2) is 19.3 Å². The molecule has 15 heavy (non-hydrogen) atoms. The van der Waals surface area contributed by atoms with Crippen LogP contribution in [0.5, 0.6) is 5.75 Å². The van der Waals surface area contributed by atoms with Crippen LogP contribution >= 0.6 is 11.6 Å². The first-order chi connectivity index (χ1) is 7.25. The highest BCUT2D eigenvalue weighted by Crippen LogP contribution is 2.25. The second kappa shape index (κ2) is 4.73. The summed E-state index contributed by atoms with van der Waals surface area (Å²) in [7, 11) is 0. The van der Waals surface area contributed by atoms with Gasteiger partial charge in [0.05, 0.1) is 11.8 Å². The topological polar surface area (TPSA) is 44.5 Å². The first-order valence-corrected chi connectivity index (χ1v) is 5.43. The fraction of sp³-hybridized carbons (Fsp3) is 0.455. The Morgan fingerprint density at radius 2 is 2.40 bits per heavy atom. The van der Waals surface area contributed by atoms with Crippen molar-refractivity contribution in [3.8, 4) is 5.75 Å². The van der Waals surface area contributed by atoms with Crippen LogP contribution in [0.1, 0.15) is 12.8 Å². The van der Waals surface area contributed by atoms with E-state index >= 15 is 0 Å². The first-order valence-electron chi connectivity index (χ1n) is 5.05. The molecule has 0 spiro atoms. The van der Waals surface area contributed by atoms with Gasteiger partial charge in [-0.15, -0.1) is 0 Å². The quantitative estimate of drug-likeness (QED) is 0.807. The van der Waals surface area contributed by atoms with Crippen LogP contribution in [0.3, 0.4) is 0 Å². The molecule has 0 aromatic heterocycles. The molecule has 0 aliphatic carbocycles. The number of hydrogen-bond acceptors (Lipinski definition) is 3. The molecule has 3 nitrogen and oxygen atoms in total. The normalized spacial score (nSPS) is 20.5. The Labute approximate surface area is 94.1 Å². The molecule has 1 aliphatic heterocycles. The van der Waals surface area contributed by atoms with E-state index in [1.807, 2.05) is 0 Å². The number of anilines is 1. The van der Waals surface area contributed by atoms with Crippen molar-refractivity contribution in [2.24, 2.45) is 0 Å². The summed E-state index contributed by atoms with van der Waals surface area (Å²) in [5.41, 5.74) is 6.33. The average molecular weight is 228 g/mol. The van der Waals surface area contributed by atoms with Crippen LogP contribution in [-0.2, 0) is 4.74 Å². The van der Waals surface area contributed by atoms with Gasteiger partial charge in [0.15, 0.2) is 0 Å². The molecule has 4 heteroatoms. The van der Waals surface area contributed by atoms with Gasteiger partial charge in [-0.3, -0.25) is 0 Å². The molecule has 0 bridgehead atoms. The monoisotopic (exact) mass is 227 g/mol. The lowest BCUT2D eigenvalue weighted by molar-refractivity contribution is 0.0682. The molecule has 2 N–H and O–H groups in total. The van der Waals surface area contributed by atoms with Crippen molar-refractivity contribution in [2.75, 3.05) is 18.9 Å².